The quantitative estimate of drug-likeness (QED) is 0.624. The molecule has 6 nitrogen and oxygen atoms in total. The number of nitrogens with zero attached hydrogens (tertiary/aromatic N) is 3. The van der Waals surface area contributed by atoms with Gasteiger partial charge in [0.2, 0.25) is 0 Å². The number of amides is 1. The molecule has 1 amide bonds. The van der Waals surface area contributed by atoms with Gasteiger partial charge in [0.1, 0.15) is 5.82 Å². The number of hydrogen-bond donors (Lipinski definition) is 0. The van der Waals surface area contributed by atoms with E-state index in [9.17, 15) is 19.3 Å². The fourth-order valence-electron chi connectivity index (χ4n) is 2.36. The van der Waals surface area contributed by atoms with Crippen molar-refractivity contribution in [1.29, 1.82) is 0 Å². The SMILES string of the molecule is CN(Cc1ccccc1F)C(=O)c1cc([N+](=O)[O-])ccc1N(C)C. The molecule has 0 fully saturated rings. The fourth-order valence-corrected chi connectivity index (χ4v) is 2.36. The molecular formula is C17H18FN3O3. The highest BCUT2D eigenvalue weighted by molar-refractivity contribution is 6.00. The Bertz CT molecular complexity index is 777. The molecule has 0 saturated heterocycles. The molecule has 0 unspecified atom stereocenters. The summed E-state index contributed by atoms with van der Waals surface area (Å²) in [5, 5.41) is 11.0. The van der Waals surface area contributed by atoms with Gasteiger partial charge in [0.05, 0.1) is 10.5 Å². The molecule has 0 atom stereocenters. The number of nitro groups is 1. The van der Waals surface area contributed by atoms with Crippen LogP contribution in [0.25, 0.3) is 0 Å². The number of benzene rings is 2. The first kappa shape index (κ1) is 17.4. The lowest BCUT2D eigenvalue weighted by Crippen LogP contribution is -2.28. The van der Waals surface area contributed by atoms with Gasteiger partial charge in [-0.2, -0.15) is 0 Å². The van der Waals surface area contributed by atoms with E-state index < -0.39 is 16.6 Å². The second kappa shape index (κ2) is 7.08. The molecule has 0 aromatic heterocycles. The largest absolute Gasteiger partial charge is 0.377 e. The predicted octanol–water partition coefficient (Wildman–Crippen LogP) is 3.07. The van der Waals surface area contributed by atoms with Gasteiger partial charge in [-0.15, -0.1) is 0 Å². The molecular weight excluding hydrogens is 313 g/mol. The van der Waals surface area contributed by atoms with Crippen LogP contribution in [0.2, 0.25) is 0 Å². The van der Waals surface area contributed by atoms with Gasteiger partial charge in [-0.1, -0.05) is 18.2 Å². The lowest BCUT2D eigenvalue weighted by molar-refractivity contribution is -0.384. The van der Waals surface area contributed by atoms with E-state index in [1.165, 1.54) is 36.2 Å². The molecule has 0 aliphatic rings. The van der Waals surface area contributed by atoms with Crippen LogP contribution < -0.4 is 4.90 Å². The van der Waals surface area contributed by atoms with E-state index in [0.29, 0.717) is 11.3 Å². The first-order valence-corrected chi connectivity index (χ1v) is 7.26. The number of carbonyl (C=O) groups is 1. The lowest BCUT2D eigenvalue weighted by Gasteiger charge is -2.22. The summed E-state index contributed by atoms with van der Waals surface area (Å²) in [5.74, 6) is -0.810. The molecule has 0 N–H and O–H groups in total. The highest BCUT2D eigenvalue weighted by Gasteiger charge is 2.21. The van der Waals surface area contributed by atoms with Gasteiger partial charge in [0, 0.05) is 51.1 Å². The average molecular weight is 331 g/mol. The zero-order chi connectivity index (χ0) is 17.9. The first-order chi connectivity index (χ1) is 11.3. The summed E-state index contributed by atoms with van der Waals surface area (Å²) in [7, 11) is 5.02. The van der Waals surface area contributed by atoms with Crippen LogP contribution in [0.3, 0.4) is 0 Å². The van der Waals surface area contributed by atoms with Crippen molar-refractivity contribution in [3.05, 3.63) is 69.5 Å². The van der Waals surface area contributed by atoms with Crippen molar-refractivity contribution in [3.63, 3.8) is 0 Å². The zero-order valence-electron chi connectivity index (χ0n) is 13.7. The number of carbonyl (C=O) groups excluding carboxylic acids is 1. The smallest absolute Gasteiger partial charge is 0.270 e. The van der Waals surface area contributed by atoms with Crippen LogP contribution >= 0.6 is 0 Å². The van der Waals surface area contributed by atoms with E-state index in [-0.39, 0.29) is 17.8 Å². The van der Waals surface area contributed by atoms with Gasteiger partial charge in [-0.3, -0.25) is 14.9 Å². The zero-order valence-corrected chi connectivity index (χ0v) is 13.7. The van der Waals surface area contributed by atoms with Crippen molar-refractivity contribution in [2.24, 2.45) is 0 Å². The van der Waals surface area contributed by atoms with Crippen molar-refractivity contribution < 1.29 is 14.1 Å². The number of anilines is 1. The van der Waals surface area contributed by atoms with Crippen LogP contribution in [-0.2, 0) is 6.54 Å². The third-order valence-corrected chi connectivity index (χ3v) is 3.62. The summed E-state index contributed by atoms with van der Waals surface area (Å²) in [6, 6.07) is 10.3. The molecule has 7 heteroatoms. The summed E-state index contributed by atoms with van der Waals surface area (Å²) >= 11 is 0. The Morgan fingerprint density at radius 3 is 2.42 bits per heavy atom. The maximum absolute atomic E-state index is 13.8. The monoisotopic (exact) mass is 331 g/mol. The topological polar surface area (TPSA) is 66.7 Å². The van der Waals surface area contributed by atoms with E-state index in [1.54, 1.807) is 37.2 Å². The Kier molecular flexibility index (Phi) is 5.13. The third-order valence-electron chi connectivity index (χ3n) is 3.62. The summed E-state index contributed by atoms with van der Waals surface area (Å²) in [6.07, 6.45) is 0. The molecule has 2 aromatic rings. The molecule has 2 aromatic carbocycles. The second-order valence-corrected chi connectivity index (χ2v) is 5.61. The van der Waals surface area contributed by atoms with E-state index in [1.807, 2.05) is 0 Å². The minimum Gasteiger partial charge on any atom is -0.377 e. The first-order valence-electron chi connectivity index (χ1n) is 7.26. The lowest BCUT2D eigenvalue weighted by atomic mass is 10.1. The molecule has 24 heavy (non-hydrogen) atoms. The highest BCUT2D eigenvalue weighted by Crippen LogP contribution is 2.26. The number of halogens is 1. The standard InChI is InChI=1S/C17H18FN3O3/c1-19(2)16-9-8-13(21(23)24)10-14(16)17(22)20(3)11-12-6-4-5-7-15(12)18/h4-10H,11H2,1-3H3. The van der Waals surface area contributed by atoms with Crippen LogP contribution in [-0.4, -0.2) is 36.9 Å². The number of nitro benzene ring substituents is 1. The Morgan fingerprint density at radius 2 is 1.83 bits per heavy atom. The maximum Gasteiger partial charge on any atom is 0.270 e. The van der Waals surface area contributed by atoms with Gasteiger partial charge in [-0.25, -0.2) is 4.39 Å². The fraction of sp³-hybridized carbons (Fsp3) is 0.235. The van der Waals surface area contributed by atoms with Crippen LogP contribution in [0, 0.1) is 15.9 Å². The molecule has 0 spiro atoms. The van der Waals surface area contributed by atoms with Crippen LogP contribution in [0.5, 0.6) is 0 Å². The molecule has 2 rings (SSSR count). The number of hydrogen-bond acceptors (Lipinski definition) is 4. The summed E-state index contributed by atoms with van der Waals surface area (Å²) in [6.45, 7) is 0.0705. The molecule has 0 radical (unpaired) electrons. The normalized spacial score (nSPS) is 10.3. The van der Waals surface area contributed by atoms with Gasteiger partial charge >= 0.3 is 0 Å². The Morgan fingerprint density at radius 1 is 1.17 bits per heavy atom. The van der Waals surface area contributed by atoms with Crippen molar-refractivity contribution in [3.8, 4) is 0 Å². The third kappa shape index (κ3) is 3.68. The van der Waals surface area contributed by atoms with E-state index in [0.717, 1.165) is 0 Å². The summed E-state index contributed by atoms with van der Waals surface area (Å²) in [4.78, 5) is 26.2. The van der Waals surface area contributed by atoms with Crippen molar-refractivity contribution in [2.45, 2.75) is 6.54 Å². The second-order valence-electron chi connectivity index (χ2n) is 5.61. The molecule has 126 valence electrons. The van der Waals surface area contributed by atoms with E-state index >= 15 is 0 Å². The van der Waals surface area contributed by atoms with Gasteiger partial charge < -0.3 is 9.80 Å². The number of rotatable bonds is 5. The molecule has 0 bridgehead atoms. The minimum atomic E-state index is -0.549. The van der Waals surface area contributed by atoms with Crippen molar-refractivity contribution in [2.75, 3.05) is 26.0 Å². The molecule has 0 saturated carbocycles. The Balaban J connectivity index is 2.35. The maximum atomic E-state index is 13.8. The average Bonchev–Trinajstić information content (AvgIpc) is 2.55. The Hall–Kier alpha value is -2.96. The van der Waals surface area contributed by atoms with Gasteiger partial charge in [-0.05, 0) is 12.1 Å². The molecule has 0 aliphatic heterocycles. The van der Waals surface area contributed by atoms with Crippen LogP contribution in [0.15, 0.2) is 42.5 Å². The highest BCUT2D eigenvalue weighted by atomic mass is 19.1. The summed E-state index contributed by atoms with van der Waals surface area (Å²) < 4.78 is 13.8. The molecule has 0 heterocycles. The van der Waals surface area contributed by atoms with Crippen LogP contribution in [0.4, 0.5) is 15.8 Å². The van der Waals surface area contributed by atoms with Gasteiger partial charge in [0.15, 0.2) is 0 Å². The van der Waals surface area contributed by atoms with Crippen molar-refractivity contribution in [1.82, 2.24) is 4.90 Å². The minimum absolute atomic E-state index is 0.0705. The number of non-ortho nitro benzene ring substituents is 1. The summed E-state index contributed by atoms with van der Waals surface area (Å²) in [5.41, 5.74) is 0.979. The predicted molar refractivity (Wildman–Crippen MR) is 89.6 cm³/mol. The Labute approximate surface area is 139 Å². The van der Waals surface area contributed by atoms with Gasteiger partial charge in [0.25, 0.3) is 11.6 Å². The van der Waals surface area contributed by atoms with E-state index in [2.05, 4.69) is 0 Å². The van der Waals surface area contributed by atoms with E-state index in [4.69, 9.17) is 0 Å². The van der Waals surface area contributed by atoms with Crippen LogP contribution in [0.1, 0.15) is 15.9 Å². The van der Waals surface area contributed by atoms with Crippen molar-refractivity contribution >= 4 is 17.3 Å². The molecule has 0 aliphatic carbocycles.